The van der Waals surface area contributed by atoms with Crippen LogP contribution in [0, 0.1) is 10.1 Å². The van der Waals surface area contributed by atoms with Gasteiger partial charge in [0.15, 0.2) is 5.15 Å². The van der Waals surface area contributed by atoms with Crippen LogP contribution in [-0.4, -0.2) is 25.4 Å². The first-order valence-corrected chi connectivity index (χ1v) is 7.06. The van der Waals surface area contributed by atoms with E-state index in [1.165, 1.54) is 12.5 Å². The van der Waals surface area contributed by atoms with Gasteiger partial charge in [0, 0.05) is 11.7 Å². The van der Waals surface area contributed by atoms with Gasteiger partial charge in [-0.3, -0.25) is 15.5 Å². The van der Waals surface area contributed by atoms with E-state index >= 15 is 0 Å². The maximum absolute atomic E-state index is 11.4. The lowest BCUT2D eigenvalue weighted by Gasteiger charge is -2.21. The maximum Gasteiger partial charge on any atom is 0.354 e. The molecule has 10 heteroatoms. The SMILES string of the molecule is CC(C)(C)NNc1ncnc(Nc2cccnc2Cl)c1[N+](=O)[O-]. The quantitative estimate of drug-likeness (QED) is 0.433. The molecule has 23 heavy (non-hydrogen) atoms. The van der Waals surface area contributed by atoms with Crippen molar-refractivity contribution < 1.29 is 4.92 Å². The Bertz CT molecular complexity index is 718. The van der Waals surface area contributed by atoms with E-state index in [1.54, 1.807) is 12.1 Å². The van der Waals surface area contributed by atoms with Crippen molar-refractivity contribution in [3.8, 4) is 0 Å². The van der Waals surface area contributed by atoms with Crippen molar-refractivity contribution in [2.45, 2.75) is 26.3 Å². The molecule has 3 N–H and O–H groups in total. The number of hydrogen-bond acceptors (Lipinski definition) is 8. The first-order chi connectivity index (χ1) is 10.8. The van der Waals surface area contributed by atoms with Gasteiger partial charge in [-0.25, -0.2) is 20.4 Å². The van der Waals surface area contributed by atoms with Crippen molar-refractivity contribution in [3.63, 3.8) is 0 Å². The fraction of sp³-hybridized carbons (Fsp3) is 0.308. The molecule has 0 aliphatic carbocycles. The van der Waals surface area contributed by atoms with Gasteiger partial charge in [-0.1, -0.05) is 11.6 Å². The van der Waals surface area contributed by atoms with Gasteiger partial charge in [-0.2, -0.15) is 0 Å². The molecule has 2 aromatic rings. The van der Waals surface area contributed by atoms with E-state index in [0.29, 0.717) is 5.69 Å². The molecule has 0 unspecified atom stereocenters. The smallest absolute Gasteiger partial charge is 0.332 e. The number of hydrazine groups is 1. The molecule has 0 amide bonds. The molecule has 0 saturated carbocycles. The molecule has 0 aromatic carbocycles. The summed E-state index contributed by atoms with van der Waals surface area (Å²) < 4.78 is 0. The Morgan fingerprint density at radius 3 is 2.52 bits per heavy atom. The van der Waals surface area contributed by atoms with Crippen LogP contribution in [0.4, 0.5) is 23.0 Å². The summed E-state index contributed by atoms with van der Waals surface area (Å²) in [6, 6.07) is 3.29. The van der Waals surface area contributed by atoms with Crippen LogP contribution < -0.4 is 16.2 Å². The van der Waals surface area contributed by atoms with E-state index in [0.717, 1.165) is 0 Å². The molecule has 2 aromatic heterocycles. The number of nitrogens with zero attached hydrogens (tertiary/aromatic N) is 4. The van der Waals surface area contributed by atoms with Crippen molar-refractivity contribution in [3.05, 3.63) is 39.9 Å². The first kappa shape index (κ1) is 16.8. The van der Waals surface area contributed by atoms with Gasteiger partial charge in [-0.15, -0.1) is 0 Å². The molecule has 2 rings (SSSR count). The molecule has 0 radical (unpaired) electrons. The van der Waals surface area contributed by atoms with Crippen LogP contribution in [0.3, 0.4) is 0 Å². The molecule has 0 atom stereocenters. The lowest BCUT2D eigenvalue weighted by molar-refractivity contribution is -0.383. The summed E-state index contributed by atoms with van der Waals surface area (Å²) in [7, 11) is 0. The van der Waals surface area contributed by atoms with Crippen LogP contribution in [0.15, 0.2) is 24.7 Å². The largest absolute Gasteiger partial charge is 0.354 e. The third kappa shape index (κ3) is 4.47. The number of hydrogen-bond donors (Lipinski definition) is 3. The van der Waals surface area contributed by atoms with Gasteiger partial charge in [0.2, 0.25) is 11.6 Å². The Hall–Kier alpha value is -2.52. The van der Waals surface area contributed by atoms with Crippen molar-refractivity contribution in [2.75, 3.05) is 10.7 Å². The zero-order valence-electron chi connectivity index (χ0n) is 12.8. The highest BCUT2D eigenvalue weighted by Gasteiger charge is 2.24. The molecule has 9 nitrogen and oxygen atoms in total. The number of halogens is 1. The van der Waals surface area contributed by atoms with Crippen LogP contribution in [0.2, 0.25) is 5.15 Å². The van der Waals surface area contributed by atoms with Gasteiger partial charge < -0.3 is 5.32 Å². The number of nitro groups is 1. The normalized spacial score (nSPS) is 11.1. The Morgan fingerprint density at radius 2 is 1.91 bits per heavy atom. The monoisotopic (exact) mass is 337 g/mol. The highest BCUT2D eigenvalue weighted by atomic mass is 35.5. The van der Waals surface area contributed by atoms with E-state index < -0.39 is 4.92 Å². The van der Waals surface area contributed by atoms with Crippen molar-refractivity contribution in [1.29, 1.82) is 0 Å². The predicted molar refractivity (Wildman–Crippen MR) is 87.7 cm³/mol. The zero-order chi connectivity index (χ0) is 17.0. The molecule has 0 aliphatic rings. The van der Waals surface area contributed by atoms with Gasteiger partial charge in [0.25, 0.3) is 0 Å². The first-order valence-electron chi connectivity index (χ1n) is 6.68. The summed E-state index contributed by atoms with van der Waals surface area (Å²) in [6.07, 6.45) is 2.73. The second kappa shape index (κ2) is 6.71. The Labute approximate surface area is 137 Å². The molecule has 122 valence electrons. The molecular formula is C13H16ClN7O2. The van der Waals surface area contributed by atoms with E-state index in [2.05, 4.69) is 31.1 Å². The zero-order valence-corrected chi connectivity index (χ0v) is 13.5. The molecular weight excluding hydrogens is 322 g/mol. The molecule has 0 bridgehead atoms. The summed E-state index contributed by atoms with van der Waals surface area (Å²) in [5.74, 6) is 0.0561. The summed E-state index contributed by atoms with van der Waals surface area (Å²) in [5, 5.41) is 14.4. The van der Waals surface area contributed by atoms with Crippen molar-refractivity contribution >= 4 is 34.6 Å². The average Bonchev–Trinajstić information content (AvgIpc) is 2.46. The second-order valence-electron chi connectivity index (χ2n) is 5.64. The third-order valence-corrected chi connectivity index (χ3v) is 2.87. The Morgan fingerprint density at radius 1 is 1.22 bits per heavy atom. The number of rotatable bonds is 5. The minimum absolute atomic E-state index is 0.0121. The summed E-state index contributed by atoms with van der Waals surface area (Å²) in [6.45, 7) is 5.71. The minimum atomic E-state index is -0.570. The summed E-state index contributed by atoms with van der Waals surface area (Å²) in [5.41, 5.74) is 5.47. The van der Waals surface area contributed by atoms with Gasteiger partial charge in [-0.05, 0) is 32.9 Å². The summed E-state index contributed by atoms with van der Waals surface area (Å²) in [4.78, 5) is 22.6. The molecule has 0 spiro atoms. The highest BCUT2D eigenvalue weighted by molar-refractivity contribution is 6.32. The summed E-state index contributed by atoms with van der Waals surface area (Å²) >= 11 is 5.95. The number of anilines is 3. The molecule has 0 saturated heterocycles. The van der Waals surface area contributed by atoms with Crippen molar-refractivity contribution in [1.82, 2.24) is 20.4 Å². The Balaban J connectivity index is 2.36. The van der Waals surface area contributed by atoms with Gasteiger partial charge in [0.05, 0.1) is 10.6 Å². The number of pyridine rings is 1. The van der Waals surface area contributed by atoms with E-state index in [-0.39, 0.29) is 28.0 Å². The van der Waals surface area contributed by atoms with E-state index in [9.17, 15) is 10.1 Å². The molecule has 2 heterocycles. The van der Waals surface area contributed by atoms with Crippen LogP contribution in [0.5, 0.6) is 0 Å². The van der Waals surface area contributed by atoms with E-state index in [4.69, 9.17) is 11.6 Å². The predicted octanol–water partition coefficient (Wildman–Crippen LogP) is 2.89. The number of nitrogens with one attached hydrogen (secondary N) is 3. The van der Waals surface area contributed by atoms with Gasteiger partial charge >= 0.3 is 5.69 Å². The van der Waals surface area contributed by atoms with Gasteiger partial charge in [0.1, 0.15) is 6.33 Å². The van der Waals surface area contributed by atoms with Crippen LogP contribution >= 0.6 is 11.6 Å². The van der Waals surface area contributed by atoms with Crippen LogP contribution in [-0.2, 0) is 0 Å². The Kier molecular flexibility index (Phi) is 4.92. The lowest BCUT2D eigenvalue weighted by atomic mass is 10.1. The molecule has 0 aliphatic heterocycles. The highest BCUT2D eigenvalue weighted by Crippen LogP contribution is 2.32. The second-order valence-corrected chi connectivity index (χ2v) is 6.00. The fourth-order valence-electron chi connectivity index (χ4n) is 1.59. The van der Waals surface area contributed by atoms with Crippen LogP contribution in [0.1, 0.15) is 20.8 Å². The van der Waals surface area contributed by atoms with Crippen LogP contribution in [0.25, 0.3) is 0 Å². The maximum atomic E-state index is 11.4. The van der Waals surface area contributed by atoms with E-state index in [1.807, 2.05) is 20.8 Å². The minimum Gasteiger partial charge on any atom is -0.332 e. The average molecular weight is 338 g/mol. The third-order valence-electron chi connectivity index (χ3n) is 2.57. The topological polar surface area (TPSA) is 118 Å². The molecule has 0 fully saturated rings. The fourth-order valence-corrected chi connectivity index (χ4v) is 1.75. The standard InChI is InChI=1S/C13H16ClN7O2/c1-13(2,3)20-19-12-9(21(22)23)11(16-7-17-12)18-8-5-4-6-15-10(8)14/h4-7,20H,1-3H3,(H2,16,17,18,19). The lowest BCUT2D eigenvalue weighted by Crippen LogP contribution is -2.40. The number of aromatic nitrogens is 3. The van der Waals surface area contributed by atoms with Crippen molar-refractivity contribution in [2.24, 2.45) is 0 Å².